The van der Waals surface area contributed by atoms with Gasteiger partial charge in [0.1, 0.15) is 11.8 Å². The zero-order valence-corrected chi connectivity index (χ0v) is 24.1. The summed E-state index contributed by atoms with van der Waals surface area (Å²) in [6.45, 7) is 9.31. The van der Waals surface area contributed by atoms with Crippen LogP contribution in [0, 0.1) is 11.8 Å². The van der Waals surface area contributed by atoms with Crippen LogP contribution in [0.1, 0.15) is 43.6 Å². The van der Waals surface area contributed by atoms with Crippen LogP contribution < -0.4 is 10.1 Å². The lowest BCUT2D eigenvalue weighted by Gasteiger charge is -2.20. The standard InChI is InChI=1S/C27H33BrClN3O5/c1-16(2)13-36-15-23(27(34)37-14-17(3)4)30-11-18-9-22(29)19(10-25(18)35-5)26(33)32-24-8-6-7-21(28)20(24)12-31-32/h6-10,12,16-17,23,30H,11,13-15H2,1-5H3/t23-/m0/s1. The van der Waals surface area contributed by atoms with Crippen molar-refractivity contribution in [1.29, 1.82) is 0 Å². The molecule has 8 nitrogen and oxygen atoms in total. The summed E-state index contributed by atoms with van der Waals surface area (Å²) in [4.78, 5) is 26.0. The van der Waals surface area contributed by atoms with Crippen molar-refractivity contribution in [2.24, 2.45) is 11.8 Å². The molecule has 0 spiro atoms. The van der Waals surface area contributed by atoms with E-state index in [0.29, 0.717) is 36.0 Å². The van der Waals surface area contributed by atoms with E-state index in [-0.39, 0.29) is 41.5 Å². The number of ether oxygens (including phenoxy) is 3. The van der Waals surface area contributed by atoms with E-state index in [0.717, 1.165) is 9.86 Å². The quantitative estimate of drug-likeness (QED) is 0.278. The van der Waals surface area contributed by atoms with Gasteiger partial charge in [0.15, 0.2) is 0 Å². The molecule has 0 saturated carbocycles. The second-order valence-corrected chi connectivity index (χ2v) is 10.8. The van der Waals surface area contributed by atoms with Gasteiger partial charge in [-0.25, -0.2) is 0 Å². The third-order valence-electron chi connectivity index (χ3n) is 5.47. The summed E-state index contributed by atoms with van der Waals surface area (Å²) in [7, 11) is 1.52. The second-order valence-electron chi connectivity index (χ2n) is 9.57. The number of hydrogen-bond acceptors (Lipinski definition) is 7. The van der Waals surface area contributed by atoms with Crippen LogP contribution in [0.15, 0.2) is 41.0 Å². The number of aromatic nitrogens is 2. The third kappa shape index (κ3) is 7.54. The van der Waals surface area contributed by atoms with E-state index < -0.39 is 6.04 Å². The fraction of sp³-hybridized carbons (Fsp3) is 0.444. The maximum atomic E-state index is 13.3. The van der Waals surface area contributed by atoms with Gasteiger partial charge in [-0.2, -0.15) is 9.78 Å². The molecule has 0 saturated heterocycles. The maximum absolute atomic E-state index is 13.3. The molecule has 0 unspecified atom stereocenters. The summed E-state index contributed by atoms with van der Waals surface area (Å²) in [5, 5.41) is 8.52. The molecule has 1 atom stereocenters. The maximum Gasteiger partial charge on any atom is 0.325 e. The van der Waals surface area contributed by atoms with Crippen LogP contribution in [0.3, 0.4) is 0 Å². The van der Waals surface area contributed by atoms with E-state index in [4.69, 9.17) is 25.8 Å². The Labute approximate surface area is 230 Å². The van der Waals surface area contributed by atoms with E-state index in [1.54, 1.807) is 18.3 Å². The van der Waals surface area contributed by atoms with Crippen molar-refractivity contribution in [3.63, 3.8) is 0 Å². The Hall–Kier alpha value is -2.46. The number of fused-ring (bicyclic) bond motifs is 1. The van der Waals surface area contributed by atoms with E-state index in [1.165, 1.54) is 11.8 Å². The Kier molecular flexibility index (Phi) is 10.5. The van der Waals surface area contributed by atoms with Gasteiger partial charge in [-0.3, -0.25) is 14.9 Å². The topological polar surface area (TPSA) is 91.7 Å². The normalized spacial score (nSPS) is 12.4. The van der Waals surface area contributed by atoms with Crippen molar-refractivity contribution in [1.82, 2.24) is 15.1 Å². The first-order chi connectivity index (χ1) is 17.6. The molecule has 1 aromatic heterocycles. The number of nitrogens with zero attached hydrogens (tertiary/aromatic N) is 2. The number of carbonyl (C=O) groups excluding carboxylic acids is 2. The highest BCUT2D eigenvalue weighted by Crippen LogP contribution is 2.30. The van der Waals surface area contributed by atoms with Crippen LogP contribution in [-0.2, 0) is 20.8 Å². The second kappa shape index (κ2) is 13.4. The summed E-state index contributed by atoms with van der Waals surface area (Å²) in [6.07, 6.45) is 1.63. The zero-order chi connectivity index (χ0) is 27.1. The average molecular weight is 595 g/mol. The number of halogens is 2. The molecule has 200 valence electrons. The lowest BCUT2D eigenvalue weighted by molar-refractivity contribution is -0.149. The highest BCUT2D eigenvalue weighted by atomic mass is 79.9. The smallest absolute Gasteiger partial charge is 0.325 e. The van der Waals surface area contributed by atoms with Gasteiger partial charge >= 0.3 is 5.97 Å². The minimum atomic E-state index is -0.670. The lowest BCUT2D eigenvalue weighted by Crippen LogP contribution is -2.42. The van der Waals surface area contributed by atoms with Crippen LogP contribution >= 0.6 is 27.5 Å². The molecule has 0 aliphatic carbocycles. The number of rotatable bonds is 12. The van der Waals surface area contributed by atoms with E-state index in [2.05, 4.69) is 26.3 Å². The Bertz CT molecular complexity index is 1240. The summed E-state index contributed by atoms with van der Waals surface area (Å²) < 4.78 is 18.9. The first-order valence-corrected chi connectivity index (χ1v) is 13.3. The molecule has 3 aromatic rings. The van der Waals surface area contributed by atoms with Crippen molar-refractivity contribution in [3.8, 4) is 5.75 Å². The molecule has 0 radical (unpaired) electrons. The molecular weight excluding hydrogens is 562 g/mol. The van der Waals surface area contributed by atoms with Crippen molar-refractivity contribution >= 4 is 50.3 Å². The summed E-state index contributed by atoms with van der Waals surface area (Å²) >= 11 is 10.0. The minimum Gasteiger partial charge on any atom is -0.496 e. The number of nitrogens with one attached hydrogen (secondary N) is 1. The van der Waals surface area contributed by atoms with Gasteiger partial charge < -0.3 is 14.2 Å². The first kappa shape index (κ1) is 29.1. The van der Waals surface area contributed by atoms with Crippen LogP contribution in [0.4, 0.5) is 0 Å². The van der Waals surface area contributed by atoms with Gasteiger partial charge in [0, 0.05) is 28.6 Å². The zero-order valence-electron chi connectivity index (χ0n) is 21.7. The van der Waals surface area contributed by atoms with Gasteiger partial charge in [-0.05, 0) is 36.1 Å². The van der Waals surface area contributed by atoms with Gasteiger partial charge in [-0.15, -0.1) is 0 Å². The summed E-state index contributed by atoms with van der Waals surface area (Å²) in [5.41, 5.74) is 1.59. The monoisotopic (exact) mass is 593 g/mol. The molecule has 37 heavy (non-hydrogen) atoms. The van der Waals surface area contributed by atoms with E-state index >= 15 is 0 Å². The Morgan fingerprint density at radius 3 is 2.51 bits per heavy atom. The molecule has 0 amide bonds. The van der Waals surface area contributed by atoms with Gasteiger partial charge in [-0.1, -0.05) is 61.3 Å². The molecule has 0 bridgehead atoms. The van der Waals surface area contributed by atoms with Gasteiger partial charge in [0.25, 0.3) is 5.91 Å². The van der Waals surface area contributed by atoms with Crippen molar-refractivity contribution in [3.05, 3.63) is 57.2 Å². The Morgan fingerprint density at radius 2 is 1.84 bits per heavy atom. The molecule has 1 N–H and O–H groups in total. The average Bonchev–Trinajstić information content (AvgIpc) is 3.29. The lowest BCUT2D eigenvalue weighted by atomic mass is 10.1. The van der Waals surface area contributed by atoms with Crippen molar-refractivity contribution < 1.29 is 23.8 Å². The Balaban J connectivity index is 1.81. The fourth-order valence-corrected chi connectivity index (χ4v) is 4.32. The summed E-state index contributed by atoms with van der Waals surface area (Å²) in [6, 6.07) is 8.12. The number of carbonyl (C=O) groups is 2. The number of benzene rings is 2. The molecule has 0 aliphatic heterocycles. The molecule has 1 heterocycles. The molecule has 10 heteroatoms. The molecule has 0 fully saturated rings. The molecule has 0 aliphatic rings. The van der Waals surface area contributed by atoms with Crippen LogP contribution in [-0.4, -0.2) is 54.6 Å². The van der Waals surface area contributed by atoms with E-state index in [1.807, 2.05) is 45.9 Å². The molecule has 3 rings (SSSR count). The van der Waals surface area contributed by atoms with Crippen LogP contribution in [0.25, 0.3) is 10.9 Å². The largest absolute Gasteiger partial charge is 0.496 e. The predicted molar refractivity (Wildman–Crippen MR) is 147 cm³/mol. The molecular formula is C27H33BrClN3O5. The van der Waals surface area contributed by atoms with Crippen molar-refractivity contribution in [2.45, 2.75) is 40.3 Å². The highest BCUT2D eigenvalue weighted by molar-refractivity contribution is 9.10. The minimum absolute atomic E-state index is 0.170. The number of methoxy groups -OCH3 is 1. The van der Waals surface area contributed by atoms with Crippen LogP contribution in [0.5, 0.6) is 5.75 Å². The highest BCUT2D eigenvalue weighted by Gasteiger charge is 2.23. The van der Waals surface area contributed by atoms with Crippen LogP contribution in [0.2, 0.25) is 5.02 Å². The number of hydrogen-bond donors (Lipinski definition) is 1. The Morgan fingerprint density at radius 1 is 1.11 bits per heavy atom. The van der Waals surface area contributed by atoms with E-state index in [9.17, 15) is 9.59 Å². The first-order valence-electron chi connectivity index (χ1n) is 12.1. The van der Waals surface area contributed by atoms with Crippen molar-refractivity contribution in [2.75, 3.05) is 26.9 Å². The fourth-order valence-electron chi connectivity index (χ4n) is 3.59. The van der Waals surface area contributed by atoms with Gasteiger partial charge in [0.2, 0.25) is 0 Å². The molecule has 2 aromatic carbocycles. The number of esters is 1. The SMILES string of the molecule is COc1cc(C(=O)n2ncc3c(Br)cccc32)c(Cl)cc1CN[C@@H](COCC(C)C)C(=O)OCC(C)C. The third-order valence-corrected chi connectivity index (χ3v) is 6.48. The predicted octanol–water partition coefficient (Wildman–Crippen LogP) is 5.48. The summed E-state index contributed by atoms with van der Waals surface area (Å²) in [5.74, 6) is 0.247. The van der Waals surface area contributed by atoms with Gasteiger partial charge in [0.05, 0.1) is 42.6 Å².